The average molecular weight is 238 g/mol. The van der Waals surface area contributed by atoms with Gasteiger partial charge in [0.1, 0.15) is 5.01 Å². The molecule has 2 nitrogen and oxygen atoms in total. The first-order valence-electron chi connectivity index (χ1n) is 6.12. The van der Waals surface area contributed by atoms with Crippen molar-refractivity contribution in [2.75, 3.05) is 6.54 Å². The third-order valence-corrected chi connectivity index (χ3v) is 4.13. The number of nitrogens with one attached hydrogen (secondary N) is 1. The zero-order valence-electron chi connectivity index (χ0n) is 10.7. The summed E-state index contributed by atoms with van der Waals surface area (Å²) in [5.74, 6) is 1.86. The quantitative estimate of drug-likeness (QED) is 0.871. The van der Waals surface area contributed by atoms with Crippen molar-refractivity contribution < 1.29 is 0 Å². The Morgan fingerprint density at radius 1 is 1.50 bits per heavy atom. The minimum atomic E-state index is 0.180. The van der Waals surface area contributed by atoms with E-state index in [2.05, 4.69) is 43.4 Å². The smallest absolute Gasteiger partial charge is 0.107 e. The molecule has 0 saturated heterocycles. The van der Waals surface area contributed by atoms with E-state index in [-0.39, 0.29) is 5.41 Å². The Morgan fingerprint density at radius 2 is 2.19 bits per heavy atom. The number of hydrogen-bond acceptors (Lipinski definition) is 3. The van der Waals surface area contributed by atoms with Crippen LogP contribution >= 0.6 is 11.3 Å². The van der Waals surface area contributed by atoms with Crippen LogP contribution in [0.4, 0.5) is 0 Å². The van der Waals surface area contributed by atoms with Gasteiger partial charge in [0.25, 0.3) is 0 Å². The molecule has 16 heavy (non-hydrogen) atoms. The lowest BCUT2D eigenvalue weighted by Crippen LogP contribution is -2.17. The van der Waals surface area contributed by atoms with Crippen molar-refractivity contribution >= 4 is 11.3 Å². The van der Waals surface area contributed by atoms with E-state index in [1.165, 1.54) is 17.1 Å². The Bertz CT molecular complexity index is 351. The Morgan fingerprint density at radius 3 is 2.69 bits per heavy atom. The molecule has 0 spiro atoms. The summed E-state index contributed by atoms with van der Waals surface area (Å²) in [5, 5.41) is 6.92. The van der Waals surface area contributed by atoms with Gasteiger partial charge in [-0.3, -0.25) is 0 Å². The highest BCUT2D eigenvalue weighted by Gasteiger charge is 2.31. The van der Waals surface area contributed by atoms with Gasteiger partial charge in [0.15, 0.2) is 0 Å². The van der Waals surface area contributed by atoms with E-state index < -0.39 is 0 Å². The number of hydrogen-bond donors (Lipinski definition) is 1. The normalized spacial score (nSPS) is 24.8. The minimum absolute atomic E-state index is 0.180. The van der Waals surface area contributed by atoms with Gasteiger partial charge in [-0.25, -0.2) is 4.98 Å². The van der Waals surface area contributed by atoms with Crippen molar-refractivity contribution in [2.24, 2.45) is 11.8 Å². The fourth-order valence-electron chi connectivity index (χ4n) is 1.78. The van der Waals surface area contributed by atoms with Crippen molar-refractivity contribution in [2.45, 2.75) is 46.1 Å². The van der Waals surface area contributed by atoms with E-state index in [0.717, 1.165) is 24.9 Å². The van der Waals surface area contributed by atoms with Crippen molar-refractivity contribution in [3.8, 4) is 0 Å². The molecule has 1 N–H and O–H groups in total. The summed E-state index contributed by atoms with van der Waals surface area (Å²) < 4.78 is 0. The third-order valence-electron chi connectivity index (χ3n) is 3.28. The average Bonchev–Trinajstić information content (AvgIpc) is 2.69. The maximum atomic E-state index is 4.67. The van der Waals surface area contributed by atoms with Crippen LogP contribution in [-0.2, 0) is 12.0 Å². The van der Waals surface area contributed by atoms with Gasteiger partial charge in [0.2, 0.25) is 0 Å². The molecule has 1 aromatic heterocycles. The summed E-state index contributed by atoms with van der Waals surface area (Å²) in [6, 6.07) is 0. The zero-order valence-corrected chi connectivity index (χ0v) is 11.5. The van der Waals surface area contributed by atoms with E-state index in [1.807, 2.05) is 0 Å². The largest absolute Gasteiger partial charge is 0.310 e. The van der Waals surface area contributed by atoms with Gasteiger partial charge in [0.05, 0.1) is 5.69 Å². The van der Waals surface area contributed by atoms with Crippen molar-refractivity contribution in [3.63, 3.8) is 0 Å². The lowest BCUT2D eigenvalue weighted by atomic mass is 9.93. The minimum Gasteiger partial charge on any atom is -0.310 e. The van der Waals surface area contributed by atoms with Gasteiger partial charge in [-0.05, 0) is 24.8 Å². The Labute approximate surface area is 102 Å². The van der Waals surface area contributed by atoms with Crippen molar-refractivity contribution in [1.29, 1.82) is 0 Å². The molecule has 1 fully saturated rings. The van der Waals surface area contributed by atoms with Gasteiger partial charge in [0, 0.05) is 17.3 Å². The summed E-state index contributed by atoms with van der Waals surface area (Å²) in [5.41, 5.74) is 1.40. The first-order valence-corrected chi connectivity index (χ1v) is 7.00. The highest BCUT2D eigenvalue weighted by atomic mass is 32.1. The van der Waals surface area contributed by atoms with Crippen LogP contribution in [0.2, 0.25) is 0 Å². The maximum Gasteiger partial charge on any atom is 0.107 e. The van der Waals surface area contributed by atoms with E-state index in [4.69, 9.17) is 0 Å². The predicted molar refractivity (Wildman–Crippen MR) is 69.8 cm³/mol. The first-order chi connectivity index (χ1) is 7.47. The van der Waals surface area contributed by atoms with E-state index in [1.54, 1.807) is 11.3 Å². The van der Waals surface area contributed by atoms with Crippen LogP contribution in [0.3, 0.4) is 0 Å². The van der Waals surface area contributed by atoms with Crippen LogP contribution in [0.25, 0.3) is 0 Å². The molecule has 1 aliphatic carbocycles. The molecule has 1 heterocycles. The van der Waals surface area contributed by atoms with E-state index in [0.29, 0.717) is 0 Å². The lowest BCUT2D eigenvalue weighted by molar-refractivity contribution is 0.565. The molecule has 0 aromatic carbocycles. The monoisotopic (exact) mass is 238 g/mol. The molecule has 0 amide bonds. The SMILES string of the molecule is CC1CC1CNCc1nc(C(C)(C)C)cs1. The van der Waals surface area contributed by atoms with Crippen LogP contribution in [-0.4, -0.2) is 11.5 Å². The van der Waals surface area contributed by atoms with Crippen LogP contribution in [0.1, 0.15) is 44.8 Å². The van der Waals surface area contributed by atoms with Crippen molar-refractivity contribution in [3.05, 3.63) is 16.1 Å². The fourth-order valence-corrected chi connectivity index (χ4v) is 2.77. The van der Waals surface area contributed by atoms with Gasteiger partial charge < -0.3 is 5.32 Å². The molecule has 0 bridgehead atoms. The molecule has 1 aromatic rings. The molecule has 1 aliphatic rings. The Hall–Kier alpha value is -0.410. The van der Waals surface area contributed by atoms with E-state index in [9.17, 15) is 0 Å². The van der Waals surface area contributed by atoms with Gasteiger partial charge in [-0.15, -0.1) is 11.3 Å². The van der Waals surface area contributed by atoms with Gasteiger partial charge in [-0.2, -0.15) is 0 Å². The van der Waals surface area contributed by atoms with Gasteiger partial charge in [-0.1, -0.05) is 27.7 Å². The molecule has 90 valence electrons. The van der Waals surface area contributed by atoms with Crippen LogP contribution < -0.4 is 5.32 Å². The summed E-state index contributed by atoms with van der Waals surface area (Å²) >= 11 is 1.78. The Balaban J connectivity index is 1.79. The topological polar surface area (TPSA) is 24.9 Å². The summed E-state index contributed by atoms with van der Waals surface area (Å²) in [7, 11) is 0. The molecular weight excluding hydrogens is 216 g/mol. The maximum absolute atomic E-state index is 4.67. The number of aromatic nitrogens is 1. The number of rotatable bonds is 4. The Kier molecular flexibility index (Phi) is 3.36. The van der Waals surface area contributed by atoms with Crippen LogP contribution in [0, 0.1) is 11.8 Å². The fraction of sp³-hybridized carbons (Fsp3) is 0.769. The standard InChI is InChI=1S/C13H22N2S/c1-9-5-10(9)6-14-7-12-15-11(8-16-12)13(2,3)4/h8-10,14H,5-7H2,1-4H3. The summed E-state index contributed by atoms with van der Waals surface area (Å²) in [4.78, 5) is 4.67. The number of thiazole rings is 1. The molecule has 0 aliphatic heterocycles. The molecule has 3 heteroatoms. The van der Waals surface area contributed by atoms with E-state index >= 15 is 0 Å². The molecule has 2 unspecified atom stereocenters. The zero-order chi connectivity index (χ0) is 11.8. The van der Waals surface area contributed by atoms with Crippen LogP contribution in [0.5, 0.6) is 0 Å². The number of nitrogens with zero attached hydrogens (tertiary/aromatic N) is 1. The highest BCUT2D eigenvalue weighted by molar-refractivity contribution is 7.09. The predicted octanol–water partition coefficient (Wildman–Crippen LogP) is 3.19. The first kappa shape index (κ1) is 12.1. The van der Waals surface area contributed by atoms with Crippen LogP contribution in [0.15, 0.2) is 5.38 Å². The lowest BCUT2D eigenvalue weighted by Gasteiger charge is -2.14. The molecular formula is C13H22N2S. The molecule has 2 rings (SSSR count). The summed E-state index contributed by atoms with van der Waals surface area (Å²) in [6.45, 7) is 11.1. The second kappa shape index (κ2) is 4.46. The van der Waals surface area contributed by atoms with Crippen molar-refractivity contribution in [1.82, 2.24) is 10.3 Å². The highest BCUT2D eigenvalue weighted by Crippen LogP contribution is 2.36. The summed E-state index contributed by atoms with van der Waals surface area (Å²) in [6.07, 6.45) is 1.40. The molecule has 1 saturated carbocycles. The third kappa shape index (κ3) is 3.05. The molecule has 2 atom stereocenters. The molecule has 0 radical (unpaired) electrons. The van der Waals surface area contributed by atoms with Gasteiger partial charge >= 0.3 is 0 Å². The second-order valence-electron chi connectivity index (χ2n) is 5.98. The second-order valence-corrected chi connectivity index (χ2v) is 6.92.